The van der Waals surface area contributed by atoms with Crippen molar-refractivity contribution in [3.63, 3.8) is 0 Å². The fourth-order valence-electron chi connectivity index (χ4n) is 1.53. The quantitative estimate of drug-likeness (QED) is 0.650. The van der Waals surface area contributed by atoms with Crippen LogP contribution in [0.25, 0.3) is 0 Å². The molecule has 0 aliphatic heterocycles. The summed E-state index contributed by atoms with van der Waals surface area (Å²) >= 11 is 0. The number of likely N-dealkylation sites (N-methyl/N-ethyl adjacent to an activating group) is 1. The molecule has 96 valence electrons. The van der Waals surface area contributed by atoms with E-state index in [-0.39, 0.29) is 6.54 Å². The first-order valence-corrected chi connectivity index (χ1v) is 6.00. The highest BCUT2D eigenvalue weighted by Crippen LogP contribution is 2.04. The molecule has 0 bridgehead atoms. The van der Waals surface area contributed by atoms with Gasteiger partial charge in [0.2, 0.25) is 0 Å². The third kappa shape index (κ3) is 9.93. The first-order chi connectivity index (χ1) is 7.41. The summed E-state index contributed by atoms with van der Waals surface area (Å²) in [6, 6.07) is 0. The standard InChI is InChI=1S/C12H26N2O2/c1-11(2)6-5-7-14(10-12(15)16)9-8-13(3)4/h11H,5-10H2,1-4H3,(H,15,16). The van der Waals surface area contributed by atoms with Gasteiger partial charge in [-0.05, 0) is 39.4 Å². The van der Waals surface area contributed by atoms with Gasteiger partial charge in [-0.3, -0.25) is 9.69 Å². The van der Waals surface area contributed by atoms with E-state index in [1.54, 1.807) is 0 Å². The SMILES string of the molecule is CC(C)CCCN(CCN(C)C)CC(=O)O. The van der Waals surface area contributed by atoms with E-state index in [9.17, 15) is 4.79 Å². The van der Waals surface area contributed by atoms with Gasteiger partial charge in [0, 0.05) is 13.1 Å². The highest BCUT2D eigenvalue weighted by atomic mass is 16.4. The molecule has 0 aliphatic rings. The molecular formula is C12H26N2O2. The van der Waals surface area contributed by atoms with Crippen LogP contribution in [-0.4, -0.2) is 61.2 Å². The van der Waals surface area contributed by atoms with E-state index in [0.717, 1.165) is 32.5 Å². The van der Waals surface area contributed by atoms with E-state index in [0.29, 0.717) is 5.92 Å². The molecule has 0 saturated heterocycles. The largest absolute Gasteiger partial charge is 0.480 e. The molecule has 0 spiro atoms. The Morgan fingerprint density at radius 1 is 1.19 bits per heavy atom. The molecule has 0 unspecified atom stereocenters. The molecule has 0 atom stereocenters. The van der Waals surface area contributed by atoms with Crippen molar-refractivity contribution >= 4 is 5.97 Å². The van der Waals surface area contributed by atoms with Crippen molar-refractivity contribution in [3.05, 3.63) is 0 Å². The van der Waals surface area contributed by atoms with Crippen LogP contribution in [0.5, 0.6) is 0 Å². The number of hydrogen-bond acceptors (Lipinski definition) is 3. The molecule has 0 aromatic carbocycles. The molecule has 16 heavy (non-hydrogen) atoms. The minimum Gasteiger partial charge on any atom is -0.480 e. The van der Waals surface area contributed by atoms with Crippen molar-refractivity contribution < 1.29 is 9.90 Å². The lowest BCUT2D eigenvalue weighted by Crippen LogP contribution is -2.36. The second kappa shape index (κ2) is 8.53. The van der Waals surface area contributed by atoms with Gasteiger partial charge in [0.1, 0.15) is 0 Å². The lowest BCUT2D eigenvalue weighted by molar-refractivity contribution is -0.138. The van der Waals surface area contributed by atoms with E-state index in [4.69, 9.17) is 5.11 Å². The Morgan fingerprint density at radius 2 is 1.81 bits per heavy atom. The number of aliphatic carboxylic acids is 1. The number of carbonyl (C=O) groups is 1. The van der Waals surface area contributed by atoms with Crippen LogP contribution in [0.1, 0.15) is 26.7 Å². The van der Waals surface area contributed by atoms with Crippen molar-refractivity contribution in [3.8, 4) is 0 Å². The predicted molar refractivity (Wildman–Crippen MR) is 66.7 cm³/mol. The van der Waals surface area contributed by atoms with E-state index < -0.39 is 5.97 Å². The summed E-state index contributed by atoms with van der Waals surface area (Å²) in [5.74, 6) is -0.0381. The smallest absolute Gasteiger partial charge is 0.317 e. The number of hydrogen-bond donors (Lipinski definition) is 1. The minimum atomic E-state index is -0.733. The first kappa shape index (κ1) is 15.4. The molecule has 0 aliphatic carbocycles. The maximum absolute atomic E-state index is 10.7. The summed E-state index contributed by atoms with van der Waals surface area (Å²) in [4.78, 5) is 14.8. The van der Waals surface area contributed by atoms with E-state index in [2.05, 4.69) is 18.7 Å². The Kier molecular flexibility index (Phi) is 8.21. The van der Waals surface area contributed by atoms with Crippen LogP contribution in [0.3, 0.4) is 0 Å². The van der Waals surface area contributed by atoms with Gasteiger partial charge in [0.15, 0.2) is 0 Å². The third-order valence-electron chi connectivity index (χ3n) is 2.48. The fourth-order valence-corrected chi connectivity index (χ4v) is 1.53. The van der Waals surface area contributed by atoms with E-state index >= 15 is 0 Å². The van der Waals surface area contributed by atoms with Gasteiger partial charge in [-0.1, -0.05) is 13.8 Å². The molecule has 0 aromatic heterocycles. The van der Waals surface area contributed by atoms with Gasteiger partial charge in [-0.25, -0.2) is 0 Å². The zero-order valence-corrected chi connectivity index (χ0v) is 11.1. The Bertz CT molecular complexity index is 193. The van der Waals surface area contributed by atoms with Crippen LogP contribution < -0.4 is 0 Å². The summed E-state index contributed by atoms with van der Waals surface area (Å²) in [6.45, 7) is 7.18. The Labute approximate surface area is 99.2 Å². The van der Waals surface area contributed by atoms with Crippen molar-refractivity contribution in [2.45, 2.75) is 26.7 Å². The van der Waals surface area contributed by atoms with Gasteiger partial charge in [0.05, 0.1) is 6.54 Å². The summed E-state index contributed by atoms with van der Waals surface area (Å²) in [6.07, 6.45) is 2.25. The summed E-state index contributed by atoms with van der Waals surface area (Å²) in [7, 11) is 4.01. The molecule has 0 fully saturated rings. The van der Waals surface area contributed by atoms with Crippen molar-refractivity contribution in [1.82, 2.24) is 9.80 Å². The lowest BCUT2D eigenvalue weighted by atomic mass is 10.1. The maximum atomic E-state index is 10.7. The predicted octanol–water partition coefficient (Wildman–Crippen LogP) is 1.37. The average Bonchev–Trinajstić information content (AvgIpc) is 2.12. The van der Waals surface area contributed by atoms with Crippen LogP contribution in [0.4, 0.5) is 0 Å². The maximum Gasteiger partial charge on any atom is 0.317 e. The van der Waals surface area contributed by atoms with Crippen molar-refractivity contribution in [2.75, 3.05) is 40.3 Å². The zero-order valence-electron chi connectivity index (χ0n) is 11.1. The highest BCUT2D eigenvalue weighted by molar-refractivity contribution is 5.69. The van der Waals surface area contributed by atoms with E-state index in [1.807, 2.05) is 19.0 Å². The third-order valence-corrected chi connectivity index (χ3v) is 2.48. The topological polar surface area (TPSA) is 43.8 Å². The zero-order chi connectivity index (χ0) is 12.6. The lowest BCUT2D eigenvalue weighted by Gasteiger charge is -2.22. The first-order valence-electron chi connectivity index (χ1n) is 6.00. The molecule has 0 saturated carbocycles. The summed E-state index contributed by atoms with van der Waals surface area (Å²) in [5.41, 5.74) is 0. The van der Waals surface area contributed by atoms with Gasteiger partial charge in [-0.15, -0.1) is 0 Å². The van der Waals surface area contributed by atoms with Crippen molar-refractivity contribution in [1.29, 1.82) is 0 Å². The van der Waals surface area contributed by atoms with Crippen molar-refractivity contribution in [2.24, 2.45) is 5.92 Å². The fraction of sp³-hybridized carbons (Fsp3) is 0.917. The monoisotopic (exact) mass is 230 g/mol. The summed E-state index contributed by atoms with van der Waals surface area (Å²) < 4.78 is 0. The number of carboxylic acids is 1. The Balaban J connectivity index is 3.85. The molecule has 4 nitrogen and oxygen atoms in total. The molecule has 0 aromatic rings. The summed E-state index contributed by atoms with van der Waals surface area (Å²) in [5, 5.41) is 8.80. The van der Waals surface area contributed by atoms with Gasteiger partial charge >= 0.3 is 5.97 Å². The normalized spacial score (nSPS) is 11.7. The number of nitrogens with zero attached hydrogens (tertiary/aromatic N) is 2. The van der Waals surface area contributed by atoms with Gasteiger partial charge in [-0.2, -0.15) is 0 Å². The number of rotatable bonds is 9. The van der Waals surface area contributed by atoms with Crippen LogP contribution in [0.2, 0.25) is 0 Å². The molecule has 0 rings (SSSR count). The second-order valence-electron chi connectivity index (χ2n) is 5.01. The second-order valence-corrected chi connectivity index (χ2v) is 5.01. The van der Waals surface area contributed by atoms with Crippen LogP contribution in [0, 0.1) is 5.92 Å². The number of carboxylic acid groups (broad SMARTS) is 1. The van der Waals surface area contributed by atoms with Crippen LogP contribution in [-0.2, 0) is 4.79 Å². The molecule has 0 amide bonds. The van der Waals surface area contributed by atoms with E-state index in [1.165, 1.54) is 0 Å². The molecular weight excluding hydrogens is 204 g/mol. The highest BCUT2D eigenvalue weighted by Gasteiger charge is 2.09. The average molecular weight is 230 g/mol. The van der Waals surface area contributed by atoms with Gasteiger partial charge < -0.3 is 10.0 Å². The minimum absolute atomic E-state index is 0.159. The molecule has 0 heterocycles. The van der Waals surface area contributed by atoms with Gasteiger partial charge in [0.25, 0.3) is 0 Å². The molecule has 4 heteroatoms. The molecule has 0 radical (unpaired) electrons. The van der Waals surface area contributed by atoms with Crippen LogP contribution in [0.15, 0.2) is 0 Å². The Morgan fingerprint density at radius 3 is 2.25 bits per heavy atom. The van der Waals surface area contributed by atoms with Crippen LogP contribution >= 0.6 is 0 Å². The Hall–Kier alpha value is -0.610. The molecule has 1 N–H and O–H groups in total.